The van der Waals surface area contributed by atoms with Crippen molar-refractivity contribution >= 4 is 28.7 Å². The van der Waals surface area contributed by atoms with Gasteiger partial charge in [-0.3, -0.25) is 19.4 Å². The summed E-state index contributed by atoms with van der Waals surface area (Å²) in [6.07, 6.45) is 5.91. The Labute approximate surface area is 322 Å². The zero-order valence-electron chi connectivity index (χ0n) is 31.9. The molecular formula is C44H49N5O6. The molecule has 5 aromatic rings. The third-order valence-corrected chi connectivity index (χ3v) is 11.2. The molecule has 0 radical (unpaired) electrons. The Bertz CT molecular complexity index is 2100. The van der Waals surface area contributed by atoms with Crippen LogP contribution in [-0.2, 0) is 16.8 Å². The van der Waals surface area contributed by atoms with E-state index in [9.17, 15) is 14.4 Å². The summed E-state index contributed by atoms with van der Waals surface area (Å²) >= 11 is 0. The van der Waals surface area contributed by atoms with E-state index in [1.165, 1.54) is 19.8 Å². The van der Waals surface area contributed by atoms with Gasteiger partial charge in [-0.15, -0.1) is 0 Å². The molecule has 3 aromatic carbocycles. The fourth-order valence-electron chi connectivity index (χ4n) is 8.13. The van der Waals surface area contributed by atoms with Crippen molar-refractivity contribution in [2.75, 3.05) is 46.9 Å². The van der Waals surface area contributed by atoms with Crippen molar-refractivity contribution in [1.82, 2.24) is 24.3 Å². The number of hydrogen-bond donors (Lipinski definition) is 0. The number of aromatic nitrogens is 3. The van der Waals surface area contributed by atoms with E-state index in [0.717, 1.165) is 62.0 Å². The minimum absolute atomic E-state index is 0.0953. The van der Waals surface area contributed by atoms with Crippen molar-refractivity contribution in [3.05, 3.63) is 114 Å². The predicted molar refractivity (Wildman–Crippen MR) is 210 cm³/mol. The SMILES string of the molecule is CCCC(=O)Oc1c(OC)cc(C(=O)N2CCC(CCN3CCC(C(=O)c4nc5ccccc5n4Cc4ccccn4)CC3)(c3ccccc3)C2)cc1OC. The molecule has 0 N–H and O–H groups in total. The number of Topliss-reactive ketones (excluding diaryl/α,β-unsaturated/α-hetero) is 1. The zero-order chi connectivity index (χ0) is 38.4. The standard InChI is InChI=1S/C44H49N5O6/c1-4-12-39(50)55-41-37(53-2)27-32(28-38(41)54-3)43(52)48-26-21-44(30-48,33-13-6-5-7-14-33)20-25-47-23-18-31(19-24-47)40(51)42-46-35-16-8-9-17-36(35)49(42)29-34-15-10-11-22-45-34/h5-11,13-17,22,27-28,31H,4,12,18-21,23-26,29-30H2,1-3H3. The smallest absolute Gasteiger partial charge is 0.311 e. The maximum absolute atomic E-state index is 14.1. The number of pyridine rings is 1. The lowest BCUT2D eigenvalue weighted by Gasteiger charge is -2.36. The molecule has 1 atom stereocenters. The first kappa shape index (κ1) is 37.8. The maximum atomic E-state index is 14.1. The van der Waals surface area contributed by atoms with Crippen LogP contribution in [0.15, 0.2) is 91.1 Å². The number of esters is 1. The summed E-state index contributed by atoms with van der Waals surface area (Å²) in [5.41, 5.74) is 4.04. The predicted octanol–water partition coefficient (Wildman–Crippen LogP) is 6.97. The maximum Gasteiger partial charge on any atom is 0.311 e. The largest absolute Gasteiger partial charge is 0.493 e. The molecule has 7 rings (SSSR count). The summed E-state index contributed by atoms with van der Waals surface area (Å²) in [4.78, 5) is 54.2. The molecule has 11 heteroatoms. The summed E-state index contributed by atoms with van der Waals surface area (Å²) in [6, 6.07) is 27.5. The van der Waals surface area contributed by atoms with Crippen molar-refractivity contribution < 1.29 is 28.6 Å². The Balaban J connectivity index is 1.03. The van der Waals surface area contributed by atoms with Gasteiger partial charge >= 0.3 is 5.97 Å². The van der Waals surface area contributed by atoms with E-state index in [-0.39, 0.29) is 46.7 Å². The second-order valence-corrected chi connectivity index (χ2v) is 14.6. The number of hydrogen-bond acceptors (Lipinski definition) is 9. The summed E-state index contributed by atoms with van der Waals surface area (Å²) in [5.74, 6) is 0.695. The van der Waals surface area contributed by atoms with Crippen LogP contribution in [0.25, 0.3) is 11.0 Å². The number of imidazole rings is 1. The fourth-order valence-corrected chi connectivity index (χ4v) is 8.13. The molecule has 4 heterocycles. The van der Waals surface area contributed by atoms with Gasteiger partial charge in [0.2, 0.25) is 11.5 Å². The molecule has 2 aliphatic rings. The molecule has 55 heavy (non-hydrogen) atoms. The van der Waals surface area contributed by atoms with E-state index in [2.05, 4.69) is 34.1 Å². The van der Waals surface area contributed by atoms with Crippen molar-refractivity contribution in [3.63, 3.8) is 0 Å². The molecule has 1 amide bonds. The van der Waals surface area contributed by atoms with Crippen LogP contribution >= 0.6 is 0 Å². The van der Waals surface area contributed by atoms with Crippen LogP contribution in [0.5, 0.6) is 17.2 Å². The first-order valence-electron chi connectivity index (χ1n) is 19.3. The molecule has 0 spiro atoms. The quantitative estimate of drug-likeness (QED) is 0.0676. The van der Waals surface area contributed by atoms with Crippen molar-refractivity contribution in [3.8, 4) is 17.2 Å². The first-order chi connectivity index (χ1) is 26.8. The second-order valence-electron chi connectivity index (χ2n) is 14.6. The molecule has 0 bridgehead atoms. The number of benzene rings is 3. The number of rotatable bonds is 14. The van der Waals surface area contributed by atoms with Crippen LogP contribution < -0.4 is 14.2 Å². The lowest BCUT2D eigenvalue weighted by atomic mass is 9.76. The molecule has 2 fully saturated rings. The Morgan fingerprint density at radius 1 is 0.873 bits per heavy atom. The van der Waals surface area contributed by atoms with Gasteiger partial charge in [0.25, 0.3) is 5.91 Å². The van der Waals surface area contributed by atoms with Crippen LogP contribution in [0.3, 0.4) is 0 Å². The number of carbonyl (C=O) groups is 3. The normalized spacial score (nSPS) is 17.7. The number of amides is 1. The highest BCUT2D eigenvalue weighted by molar-refractivity contribution is 5.98. The van der Waals surface area contributed by atoms with Crippen LogP contribution in [0, 0.1) is 5.92 Å². The van der Waals surface area contributed by atoms with Gasteiger partial charge in [0, 0.05) is 42.6 Å². The van der Waals surface area contributed by atoms with Crippen molar-refractivity contribution in [1.29, 1.82) is 0 Å². The summed E-state index contributed by atoms with van der Waals surface area (Å²) in [5, 5.41) is 0. The molecule has 2 aromatic heterocycles. The van der Waals surface area contributed by atoms with E-state index in [0.29, 0.717) is 37.4 Å². The molecule has 2 saturated heterocycles. The lowest BCUT2D eigenvalue weighted by Crippen LogP contribution is -2.41. The number of methoxy groups -OCH3 is 2. The van der Waals surface area contributed by atoms with Gasteiger partial charge in [-0.2, -0.15) is 0 Å². The zero-order valence-corrected chi connectivity index (χ0v) is 31.9. The lowest BCUT2D eigenvalue weighted by molar-refractivity contribution is -0.134. The Morgan fingerprint density at radius 2 is 1.58 bits per heavy atom. The van der Waals surface area contributed by atoms with E-state index in [1.807, 2.05) is 64.9 Å². The van der Waals surface area contributed by atoms with Crippen LogP contribution in [0.2, 0.25) is 0 Å². The van der Waals surface area contributed by atoms with Gasteiger partial charge < -0.3 is 28.6 Å². The average Bonchev–Trinajstić information content (AvgIpc) is 3.83. The third kappa shape index (κ3) is 8.12. The minimum atomic E-state index is -0.390. The minimum Gasteiger partial charge on any atom is -0.493 e. The first-order valence-corrected chi connectivity index (χ1v) is 19.3. The van der Waals surface area contributed by atoms with Crippen LogP contribution in [-0.4, -0.2) is 88.9 Å². The monoisotopic (exact) mass is 743 g/mol. The van der Waals surface area contributed by atoms with E-state index < -0.39 is 5.97 Å². The molecule has 0 saturated carbocycles. The Kier molecular flexibility index (Phi) is 11.6. The number of piperidine rings is 1. The average molecular weight is 744 g/mol. The molecule has 11 nitrogen and oxygen atoms in total. The van der Waals surface area contributed by atoms with Crippen molar-refractivity contribution in [2.45, 2.75) is 57.4 Å². The number of ketones is 1. The summed E-state index contributed by atoms with van der Waals surface area (Å²) < 4.78 is 18.7. The van der Waals surface area contributed by atoms with E-state index in [4.69, 9.17) is 19.2 Å². The van der Waals surface area contributed by atoms with E-state index >= 15 is 0 Å². The van der Waals surface area contributed by atoms with Gasteiger partial charge in [-0.1, -0.05) is 55.5 Å². The summed E-state index contributed by atoms with van der Waals surface area (Å²) in [7, 11) is 2.96. The third-order valence-electron chi connectivity index (χ3n) is 11.2. The molecule has 286 valence electrons. The number of carbonyl (C=O) groups excluding carboxylic acids is 3. The summed E-state index contributed by atoms with van der Waals surface area (Å²) in [6.45, 7) is 6.05. The van der Waals surface area contributed by atoms with Gasteiger partial charge in [0.1, 0.15) is 0 Å². The van der Waals surface area contributed by atoms with E-state index in [1.54, 1.807) is 18.3 Å². The highest BCUT2D eigenvalue weighted by Gasteiger charge is 2.42. The molecular weight excluding hydrogens is 695 g/mol. The van der Waals surface area contributed by atoms with Crippen molar-refractivity contribution in [2.24, 2.45) is 5.92 Å². The molecule has 2 aliphatic heterocycles. The number of para-hydroxylation sites is 2. The van der Waals surface area contributed by atoms with Gasteiger partial charge in [0.15, 0.2) is 17.3 Å². The number of nitrogens with zero attached hydrogens (tertiary/aromatic N) is 5. The Hall–Kier alpha value is -5.55. The molecule has 0 aliphatic carbocycles. The number of ether oxygens (including phenoxy) is 3. The Morgan fingerprint density at radius 3 is 2.27 bits per heavy atom. The second kappa shape index (κ2) is 16.9. The van der Waals surface area contributed by atoms with Crippen LogP contribution in [0.1, 0.15) is 77.7 Å². The number of fused-ring (bicyclic) bond motifs is 1. The fraction of sp³-hybridized carbons (Fsp3) is 0.386. The molecule has 1 unspecified atom stereocenters. The van der Waals surface area contributed by atoms with Gasteiger partial charge in [0.05, 0.1) is 37.5 Å². The highest BCUT2D eigenvalue weighted by Crippen LogP contribution is 2.42. The number of likely N-dealkylation sites (tertiary alicyclic amines) is 2. The highest BCUT2D eigenvalue weighted by atomic mass is 16.6. The van der Waals surface area contributed by atoms with Gasteiger partial charge in [-0.05, 0) is 93.7 Å². The van der Waals surface area contributed by atoms with Gasteiger partial charge in [-0.25, -0.2) is 4.98 Å². The topological polar surface area (TPSA) is 116 Å². The van der Waals surface area contributed by atoms with Crippen LogP contribution in [0.4, 0.5) is 0 Å².